The van der Waals surface area contributed by atoms with Crippen LogP contribution in [0.5, 0.6) is 0 Å². The summed E-state index contributed by atoms with van der Waals surface area (Å²) in [6, 6.07) is 13.2. The smallest absolute Gasteiger partial charge is 0.172 e. The standard InChI is InChI=1S/C18H15Cl2N3OS/c1-11-8-17(21-10-15(11)20)23-18(25)22-9-14-6-7-16(24-14)12-2-4-13(19)5-3-12/h2-8,10H,9H2,1H3,(H2,21,22,23,25). The largest absolute Gasteiger partial charge is 0.459 e. The molecular formula is C18H15Cl2N3OS. The molecule has 4 nitrogen and oxygen atoms in total. The maximum absolute atomic E-state index is 5.96. The first-order valence-corrected chi connectivity index (χ1v) is 8.69. The van der Waals surface area contributed by atoms with Crippen molar-refractivity contribution < 1.29 is 4.42 Å². The van der Waals surface area contributed by atoms with Crippen LogP contribution in [0.2, 0.25) is 10.0 Å². The Labute approximate surface area is 161 Å². The number of hydrogen-bond acceptors (Lipinski definition) is 3. The molecule has 0 bridgehead atoms. The molecule has 2 N–H and O–H groups in total. The van der Waals surface area contributed by atoms with Gasteiger partial charge in [0.1, 0.15) is 17.3 Å². The second-order valence-electron chi connectivity index (χ2n) is 5.40. The Kier molecular flexibility index (Phi) is 5.58. The van der Waals surface area contributed by atoms with Gasteiger partial charge in [0.2, 0.25) is 0 Å². The summed E-state index contributed by atoms with van der Waals surface area (Å²) in [6.07, 6.45) is 1.59. The summed E-state index contributed by atoms with van der Waals surface area (Å²) in [5, 5.41) is 7.88. The summed E-state index contributed by atoms with van der Waals surface area (Å²) in [5.74, 6) is 2.19. The van der Waals surface area contributed by atoms with Gasteiger partial charge in [0, 0.05) is 16.8 Å². The van der Waals surface area contributed by atoms with E-state index in [0.717, 1.165) is 22.6 Å². The number of hydrogen-bond donors (Lipinski definition) is 2. The van der Waals surface area contributed by atoms with E-state index in [9.17, 15) is 0 Å². The van der Waals surface area contributed by atoms with Gasteiger partial charge >= 0.3 is 0 Å². The summed E-state index contributed by atoms with van der Waals surface area (Å²) in [4.78, 5) is 4.18. The lowest BCUT2D eigenvalue weighted by molar-refractivity contribution is 0.516. The van der Waals surface area contributed by atoms with Crippen LogP contribution in [0.4, 0.5) is 5.82 Å². The molecule has 0 spiro atoms. The third kappa shape index (κ3) is 4.72. The van der Waals surface area contributed by atoms with Crippen molar-refractivity contribution in [2.24, 2.45) is 0 Å². The second kappa shape index (κ2) is 7.87. The summed E-state index contributed by atoms with van der Waals surface area (Å²) < 4.78 is 5.82. The zero-order chi connectivity index (χ0) is 17.8. The normalized spacial score (nSPS) is 10.5. The molecule has 0 saturated heterocycles. The van der Waals surface area contributed by atoms with Crippen molar-refractivity contribution in [3.63, 3.8) is 0 Å². The lowest BCUT2D eigenvalue weighted by Gasteiger charge is -2.09. The minimum absolute atomic E-state index is 0.457. The van der Waals surface area contributed by atoms with Crippen LogP contribution >= 0.6 is 35.4 Å². The van der Waals surface area contributed by atoms with Crippen LogP contribution in [0.3, 0.4) is 0 Å². The molecular weight excluding hydrogens is 377 g/mol. The van der Waals surface area contributed by atoms with Crippen LogP contribution in [0.25, 0.3) is 11.3 Å². The highest BCUT2D eigenvalue weighted by molar-refractivity contribution is 7.80. The number of thiocarbonyl (C=S) groups is 1. The average molecular weight is 392 g/mol. The highest BCUT2D eigenvalue weighted by Gasteiger charge is 2.06. The molecule has 2 heterocycles. The predicted molar refractivity (Wildman–Crippen MR) is 106 cm³/mol. The van der Waals surface area contributed by atoms with Crippen LogP contribution in [-0.4, -0.2) is 10.1 Å². The van der Waals surface area contributed by atoms with E-state index in [1.807, 2.05) is 49.4 Å². The minimum atomic E-state index is 0.457. The fraction of sp³-hybridized carbons (Fsp3) is 0.111. The number of benzene rings is 1. The van der Waals surface area contributed by atoms with Crippen molar-refractivity contribution in [2.45, 2.75) is 13.5 Å². The third-order valence-corrected chi connectivity index (χ3v) is 4.40. The molecule has 0 aliphatic carbocycles. The van der Waals surface area contributed by atoms with E-state index in [1.54, 1.807) is 6.20 Å². The Morgan fingerprint density at radius 3 is 2.64 bits per heavy atom. The van der Waals surface area contributed by atoms with Gasteiger partial charge in [-0.15, -0.1) is 0 Å². The summed E-state index contributed by atoms with van der Waals surface area (Å²) >= 11 is 17.1. The van der Waals surface area contributed by atoms with Crippen molar-refractivity contribution >= 4 is 46.4 Å². The summed E-state index contributed by atoms with van der Waals surface area (Å²) in [6.45, 7) is 2.37. The SMILES string of the molecule is Cc1cc(NC(=S)NCc2ccc(-c3ccc(Cl)cc3)o2)ncc1Cl. The quantitative estimate of drug-likeness (QED) is 0.579. The number of rotatable bonds is 4. The zero-order valence-electron chi connectivity index (χ0n) is 13.3. The van der Waals surface area contributed by atoms with Gasteiger partial charge in [0.05, 0.1) is 11.6 Å². The molecule has 25 heavy (non-hydrogen) atoms. The lowest BCUT2D eigenvalue weighted by Crippen LogP contribution is -2.28. The summed E-state index contributed by atoms with van der Waals surface area (Å²) in [7, 11) is 0. The van der Waals surface area contributed by atoms with E-state index in [-0.39, 0.29) is 0 Å². The van der Waals surface area contributed by atoms with Crippen molar-refractivity contribution in [3.8, 4) is 11.3 Å². The number of furan rings is 1. The number of nitrogens with one attached hydrogen (secondary N) is 2. The molecule has 0 aliphatic heterocycles. The van der Waals surface area contributed by atoms with Crippen LogP contribution in [0, 0.1) is 6.92 Å². The number of aryl methyl sites for hydroxylation is 1. The molecule has 128 valence electrons. The third-order valence-electron chi connectivity index (χ3n) is 3.50. The number of nitrogens with zero attached hydrogens (tertiary/aromatic N) is 1. The molecule has 7 heteroatoms. The molecule has 0 fully saturated rings. The van der Waals surface area contributed by atoms with Gasteiger partial charge in [0.15, 0.2) is 5.11 Å². The summed E-state index contributed by atoms with van der Waals surface area (Å²) in [5.41, 5.74) is 1.90. The Hall–Kier alpha value is -2.08. The molecule has 0 amide bonds. The fourth-order valence-corrected chi connectivity index (χ4v) is 2.58. The molecule has 3 rings (SSSR count). The molecule has 0 radical (unpaired) electrons. The number of halogens is 2. The highest BCUT2D eigenvalue weighted by Crippen LogP contribution is 2.23. The topological polar surface area (TPSA) is 50.1 Å². The molecule has 3 aromatic rings. The van der Waals surface area contributed by atoms with Crippen LogP contribution in [-0.2, 0) is 6.54 Å². The molecule has 0 atom stereocenters. The van der Waals surface area contributed by atoms with Gasteiger partial charge in [-0.1, -0.05) is 23.2 Å². The maximum Gasteiger partial charge on any atom is 0.172 e. The highest BCUT2D eigenvalue weighted by atomic mass is 35.5. The number of aromatic nitrogens is 1. The average Bonchev–Trinajstić information content (AvgIpc) is 3.06. The van der Waals surface area contributed by atoms with E-state index in [2.05, 4.69) is 15.6 Å². The predicted octanol–water partition coefficient (Wildman–Crippen LogP) is 5.44. The van der Waals surface area contributed by atoms with E-state index < -0.39 is 0 Å². The molecule has 0 aliphatic rings. The number of anilines is 1. The monoisotopic (exact) mass is 391 g/mol. The van der Waals surface area contributed by atoms with E-state index in [0.29, 0.717) is 27.5 Å². The molecule has 1 aromatic carbocycles. The van der Waals surface area contributed by atoms with Crippen molar-refractivity contribution in [2.75, 3.05) is 5.32 Å². The molecule has 2 aromatic heterocycles. The van der Waals surface area contributed by atoms with E-state index in [4.69, 9.17) is 39.8 Å². The first kappa shape index (κ1) is 17.7. The minimum Gasteiger partial charge on any atom is -0.459 e. The van der Waals surface area contributed by atoms with Gasteiger partial charge in [-0.05, 0) is 67.2 Å². The zero-order valence-corrected chi connectivity index (χ0v) is 15.7. The molecule has 0 unspecified atom stereocenters. The second-order valence-corrected chi connectivity index (χ2v) is 6.65. The van der Waals surface area contributed by atoms with Gasteiger partial charge in [-0.25, -0.2) is 4.98 Å². The van der Waals surface area contributed by atoms with Crippen LogP contribution in [0.1, 0.15) is 11.3 Å². The van der Waals surface area contributed by atoms with Gasteiger partial charge in [-0.2, -0.15) is 0 Å². The molecule has 0 saturated carbocycles. The van der Waals surface area contributed by atoms with E-state index >= 15 is 0 Å². The van der Waals surface area contributed by atoms with Crippen molar-refractivity contribution in [3.05, 3.63) is 70.0 Å². The first-order valence-electron chi connectivity index (χ1n) is 7.53. The maximum atomic E-state index is 5.96. The van der Waals surface area contributed by atoms with Crippen molar-refractivity contribution in [1.82, 2.24) is 10.3 Å². The lowest BCUT2D eigenvalue weighted by atomic mass is 10.2. The fourth-order valence-electron chi connectivity index (χ4n) is 2.18. The number of pyridine rings is 1. The first-order chi connectivity index (χ1) is 12.0. The van der Waals surface area contributed by atoms with Crippen LogP contribution < -0.4 is 10.6 Å². The Morgan fingerprint density at radius 2 is 1.92 bits per heavy atom. The van der Waals surface area contributed by atoms with Crippen molar-refractivity contribution in [1.29, 1.82) is 0 Å². The van der Waals surface area contributed by atoms with Gasteiger partial charge < -0.3 is 15.1 Å². The Bertz CT molecular complexity index is 894. The van der Waals surface area contributed by atoms with Crippen LogP contribution in [0.15, 0.2) is 53.1 Å². The van der Waals surface area contributed by atoms with Gasteiger partial charge in [-0.3, -0.25) is 0 Å². The van der Waals surface area contributed by atoms with E-state index in [1.165, 1.54) is 0 Å². The Morgan fingerprint density at radius 1 is 1.16 bits per heavy atom. The Balaban J connectivity index is 1.57. The van der Waals surface area contributed by atoms with Gasteiger partial charge in [0.25, 0.3) is 0 Å².